The third-order valence-electron chi connectivity index (χ3n) is 6.43. The number of methoxy groups -OCH3 is 2. The van der Waals surface area contributed by atoms with Crippen molar-refractivity contribution in [2.75, 3.05) is 27.8 Å². The van der Waals surface area contributed by atoms with Gasteiger partial charge in [-0.3, -0.25) is 0 Å². The lowest BCUT2D eigenvalue weighted by molar-refractivity contribution is 0.0579. The van der Waals surface area contributed by atoms with E-state index in [0.717, 1.165) is 25.1 Å². The SMILES string of the molecule is COc1ccc(C23CC=C(OC(=O)c4ccc(F)cc4)CC2N(C)CC3)cc1OC. The van der Waals surface area contributed by atoms with Crippen molar-refractivity contribution in [1.29, 1.82) is 0 Å². The van der Waals surface area contributed by atoms with E-state index in [1.165, 1.54) is 29.8 Å². The fraction of sp³-hybridized carbons (Fsp3) is 0.375. The van der Waals surface area contributed by atoms with E-state index in [1.807, 2.05) is 12.1 Å². The maximum atomic E-state index is 13.1. The molecule has 4 rings (SSSR count). The molecule has 0 amide bonds. The minimum atomic E-state index is -0.458. The van der Waals surface area contributed by atoms with Crippen LogP contribution < -0.4 is 9.47 Å². The zero-order valence-corrected chi connectivity index (χ0v) is 17.5. The van der Waals surface area contributed by atoms with Crippen LogP contribution in [0, 0.1) is 5.82 Å². The van der Waals surface area contributed by atoms with Crippen LogP contribution in [0.3, 0.4) is 0 Å². The number of fused-ring (bicyclic) bond motifs is 1. The molecule has 30 heavy (non-hydrogen) atoms. The number of halogens is 1. The van der Waals surface area contributed by atoms with Gasteiger partial charge in [0.1, 0.15) is 11.6 Å². The summed E-state index contributed by atoms with van der Waals surface area (Å²) in [5, 5.41) is 0. The quantitative estimate of drug-likeness (QED) is 0.686. The summed E-state index contributed by atoms with van der Waals surface area (Å²) >= 11 is 0. The van der Waals surface area contributed by atoms with E-state index in [9.17, 15) is 9.18 Å². The van der Waals surface area contributed by atoms with Gasteiger partial charge in [0.05, 0.1) is 19.8 Å². The molecule has 1 aliphatic heterocycles. The van der Waals surface area contributed by atoms with Gasteiger partial charge in [0, 0.05) is 17.9 Å². The predicted molar refractivity (Wildman–Crippen MR) is 111 cm³/mol. The Morgan fingerprint density at radius 1 is 1.10 bits per heavy atom. The highest BCUT2D eigenvalue weighted by molar-refractivity contribution is 5.90. The number of esters is 1. The highest BCUT2D eigenvalue weighted by Gasteiger charge is 2.49. The number of carbonyl (C=O) groups is 1. The molecule has 6 heteroatoms. The number of allylic oxidation sites excluding steroid dienone is 1. The molecule has 2 aromatic carbocycles. The van der Waals surface area contributed by atoms with Crippen LogP contribution in [0.4, 0.5) is 4.39 Å². The number of carbonyl (C=O) groups excluding carboxylic acids is 1. The molecule has 2 aliphatic rings. The van der Waals surface area contributed by atoms with Gasteiger partial charge >= 0.3 is 5.97 Å². The van der Waals surface area contributed by atoms with Crippen LogP contribution in [0.15, 0.2) is 54.3 Å². The van der Waals surface area contributed by atoms with Crippen molar-refractivity contribution in [1.82, 2.24) is 4.90 Å². The second-order valence-corrected chi connectivity index (χ2v) is 7.95. The average Bonchev–Trinajstić information content (AvgIpc) is 3.11. The average molecular weight is 411 g/mol. The zero-order valence-electron chi connectivity index (χ0n) is 17.5. The molecule has 5 nitrogen and oxygen atoms in total. The minimum absolute atomic E-state index is 0.0694. The standard InChI is InChI=1S/C24H26FNO4/c1-26-13-12-24(17-6-9-20(28-2)21(14-17)29-3)11-10-19(15-22(24)26)30-23(27)16-4-7-18(25)8-5-16/h4-10,14,22H,11-13,15H2,1-3H3. The number of hydrogen-bond acceptors (Lipinski definition) is 5. The van der Waals surface area contributed by atoms with E-state index in [2.05, 4.69) is 24.1 Å². The molecule has 1 aliphatic carbocycles. The van der Waals surface area contributed by atoms with Crippen molar-refractivity contribution in [3.8, 4) is 11.5 Å². The molecule has 2 unspecified atom stereocenters. The van der Waals surface area contributed by atoms with Crippen LogP contribution in [-0.4, -0.2) is 44.7 Å². The molecule has 0 N–H and O–H groups in total. The van der Waals surface area contributed by atoms with Gasteiger partial charge < -0.3 is 19.1 Å². The Kier molecular flexibility index (Phi) is 5.52. The molecule has 1 fully saturated rings. The number of rotatable bonds is 5. The Bertz CT molecular complexity index is 972. The molecular weight excluding hydrogens is 385 g/mol. The van der Waals surface area contributed by atoms with Crippen LogP contribution in [0.5, 0.6) is 11.5 Å². The molecule has 0 radical (unpaired) electrons. The fourth-order valence-electron chi connectivity index (χ4n) is 4.73. The molecule has 0 aromatic heterocycles. The van der Waals surface area contributed by atoms with Gasteiger partial charge in [0.25, 0.3) is 0 Å². The first-order valence-electron chi connectivity index (χ1n) is 10.1. The number of likely N-dealkylation sites (N-methyl/N-ethyl adjacent to an activating group) is 1. The van der Waals surface area contributed by atoms with Gasteiger partial charge in [0.15, 0.2) is 11.5 Å². The Labute approximate surface area is 176 Å². The van der Waals surface area contributed by atoms with Crippen LogP contribution >= 0.6 is 0 Å². The van der Waals surface area contributed by atoms with Gasteiger partial charge in [-0.25, -0.2) is 9.18 Å². The summed E-state index contributed by atoms with van der Waals surface area (Å²) in [7, 11) is 5.39. The normalized spacial score (nSPS) is 23.5. The van der Waals surface area contributed by atoms with Crippen molar-refractivity contribution in [2.45, 2.75) is 30.7 Å². The van der Waals surface area contributed by atoms with E-state index in [0.29, 0.717) is 23.5 Å². The smallest absolute Gasteiger partial charge is 0.343 e. The largest absolute Gasteiger partial charge is 0.493 e. The van der Waals surface area contributed by atoms with Crippen molar-refractivity contribution in [3.05, 3.63) is 71.2 Å². The third-order valence-corrected chi connectivity index (χ3v) is 6.43. The summed E-state index contributed by atoms with van der Waals surface area (Å²) in [5.74, 6) is 1.26. The monoisotopic (exact) mass is 411 g/mol. The lowest BCUT2D eigenvalue weighted by Crippen LogP contribution is -2.43. The third kappa shape index (κ3) is 3.56. The topological polar surface area (TPSA) is 48.0 Å². The fourth-order valence-corrected chi connectivity index (χ4v) is 4.73. The van der Waals surface area contributed by atoms with E-state index in [4.69, 9.17) is 14.2 Å². The molecule has 0 bridgehead atoms. The summed E-state index contributed by atoms with van der Waals surface area (Å²) in [4.78, 5) is 14.8. The summed E-state index contributed by atoms with van der Waals surface area (Å²) in [6.45, 7) is 0.964. The second kappa shape index (κ2) is 8.11. The Hall–Kier alpha value is -2.86. The van der Waals surface area contributed by atoms with Crippen molar-refractivity contribution < 1.29 is 23.4 Å². The summed E-state index contributed by atoms with van der Waals surface area (Å²) < 4.78 is 29.7. The van der Waals surface area contributed by atoms with E-state index >= 15 is 0 Å². The molecule has 1 saturated heterocycles. The van der Waals surface area contributed by atoms with Gasteiger partial charge in [-0.15, -0.1) is 0 Å². The number of benzene rings is 2. The van der Waals surface area contributed by atoms with Crippen molar-refractivity contribution in [3.63, 3.8) is 0 Å². The number of hydrogen-bond donors (Lipinski definition) is 0. The lowest BCUT2D eigenvalue weighted by atomic mass is 9.68. The highest BCUT2D eigenvalue weighted by atomic mass is 19.1. The summed E-state index contributed by atoms with van der Waals surface area (Å²) in [5.41, 5.74) is 1.48. The first kappa shape index (κ1) is 20.4. The molecule has 1 heterocycles. The Morgan fingerprint density at radius 2 is 1.83 bits per heavy atom. The summed E-state index contributed by atoms with van der Waals surface area (Å²) in [6, 6.07) is 11.7. The molecule has 0 spiro atoms. The minimum Gasteiger partial charge on any atom is -0.493 e. The zero-order chi connectivity index (χ0) is 21.3. The van der Waals surface area contributed by atoms with Gasteiger partial charge in [-0.05, 0) is 74.5 Å². The Balaban J connectivity index is 1.60. The second-order valence-electron chi connectivity index (χ2n) is 7.95. The highest BCUT2D eigenvalue weighted by Crippen LogP contribution is 2.49. The van der Waals surface area contributed by atoms with Gasteiger partial charge in [-0.1, -0.05) is 6.07 Å². The predicted octanol–water partition coefficient (Wildman–Crippen LogP) is 4.32. The van der Waals surface area contributed by atoms with E-state index in [-0.39, 0.29) is 17.3 Å². The maximum absolute atomic E-state index is 13.1. The van der Waals surface area contributed by atoms with Crippen molar-refractivity contribution >= 4 is 5.97 Å². The number of ether oxygens (including phenoxy) is 3. The Morgan fingerprint density at radius 3 is 2.53 bits per heavy atom. The first-order chi connectivity index (χ1) is 14.5. The number of likely N-dealkylation sites (tertiary alicyclic amines) is 1. The van der Waals surface area contributed by atoms with E-state index in [1.54, 1.807) is 14.2 Å². The molecule has 2 atom stereocenters. The van der Waals surface area contributed by atoms with Gasteiger partial charge in [0.2, 0.25) is 0 Å². The van der Waals surface area contributed by atoms with Crippen LogP contribution in [0.25, 0.3) is 0 Å². The molecule has 0 saturated carbocycles. The van der Waals surface area contributed by atoms with Gasteiger partial charge in [-0.2, -0.15) is 0 Å². The van der Waals surface area contributed by atoms with E-state index < -0.39 is 5.97 Å². The molecule has 2 aromatic rings. The molecular formula is C24H26FNO4. The first-order valence-corrected chi connectivity index (χ1v) is 10.1. The maximum Gasteiger partial charge on any atom is 0.343 e. The molecule has 158 valence electrons. The van der Waals surface area contributed by atoms with Crippen LogP contribution in [0.1, 0.15) is 35.2 Å². The van der Waals surface area contributed by atoms with Crippen molar-refractivity contribution in [2.24, 2.45) is 0 Å². The summed E-state index contributed by atoms with van der Waals surface area (Å²) in [6.07, 6.45) is 4.44. The van der Waals surface area contributed by atoms with Crippen LogP contribution in [-0.2, 0) is 10.2 Å². The van der Waals surface area contributed by atoms with Crippen LogP contribution in [0.2, 0.25) is 0 Å². The number of nitrogens with zero attached hydrogens (tertiary/aromatic N) is 1. The lowest BCUT2D eigenvalue weighted by Gasteiger charge is -2.40.